The summed E-state index contributed by atoms with van der Waals surface area (Å²) in [6.45, 7) is 1.92. The van der Waals surface area contributed by atoms with Crippen LogP contribution in [0.2, 0.25) is 5.02 Å². The van der Waals surface area contributed by atoms with E-state index in [4.69, 9.17) is 23.2 Å². The van der Waals surface area contributed by atoms with Gasteiger partial charge in [-0.25, -0.2) is 0 Å². The summed E-state index contributed by atoms with van der Waals surface area (Å²) in [5.74, 6) is -0.680. The summed E-state index contributed by atoms with van der Waals surface area (Å²) < 4.78 is 0. The molecule has 17 heavy (non-hydrogen) atoms. The van der Waals surface area contributed by atoms with E-state index in [1.54, 1.807) is 12.1 Å². The molecule has 1 aromatic carbocycles. The lowest BCUT2D eigenvalue weighted by molar-refractivity contribution is -0.117. The molecule has 90 valence electrons. The number of halogens is 2. The van der Waals surface area contributed by atoms with Crippen molar-refractivity contribution in [3.63, 3.8) is 0 Å². The molecule has 0 aliphatic carbocycles. The molecule has 1 aliphatic rings. The van der Waals surface area contributed by atoms with E-state index in [1.807, 2.05) is 6.92 Å². The van der Waals surface area contributed by atoms with Crippen LogP contribution in [0.4, 0.5) is 5.69 Å². The third kappa shape index (κ3) is 2.05. The standard InChI is InChI=1S/C12H11Cl2NO2/c1-2-7-8-3-6(14)4-9(10(16)5-13)11(8)15-12(7)17/h3-4,7H,2,5H2,1H3,(H,15,17). The van der Waals surface area contributed by atoms with Gasteiger partial charge in [-0.1, -0.05) is 18.5 Å². The van der Waals surface area contributed by atoms with Gasteiger partial charge >= 0.3 is 0 Å². The van der Waals surface area contributed by atoms with Crippen molar-refractivity contribution >= 4 is 40.6 Å². The molecular formula is C12H11Cl2NO2. The molecular weight excluding hydrogens is 261 g/mol. The Kier molecular flexibility index (Phi) is 3.40. The SMILES string of the molecule is CCC1C(=O)Nc2c(C(=O)CCl)cc(Cl)cc21. The third-order valence-electron chi connectivity index (χ3n) is 2.90. The van der Waals surface area contributed by atoms with Gasteiger partial charge in [0, 0.05) is 10.6 Å². The molecule has 1 aliphatic heterocycles. The number of alkyl halides is 1. The normalized spacial score (nSPS) is 17.8. The molecule has 0 fully saturated rings. The number of carbonyl (C=O) groups is 2. The van der Waals surface area contributed by atoms with Gasteiger partial charge in [-0.15, -0.1) is 11.6 Å². The average Bonchev–Trinajstić information content (AvgIpc) is 2.62. The van der Waals surface area contributed by atoms with E-state index < -0.39 is 0 Å². The second kappa shape index (κ2) is 4.67. The molecule has 1 amide bonds. The molecule has 0 spiro atoms. The van der Waals surface area contributed by atoms with Crippen LogP contribution in [0.3, 0.4) is 0 Å². The highest BCUT2D eigenvalue weighted by molar-refractivity contribution is 6.34. The van der Waals surface area contributed by atoms with Crippen LogP contribution in [-0.2, 0) is 4.79 Å². The van der Waals surface area contributed by atoms with Gasteiger partial charge in [0.25, 0.3) is 0 Å². The zero-order valence-corrected chi connectivity index (χ0v) is 10.7. The van der Waals surface area contributed by atoms with Crippen molar-refractivity contribution in [3.8, 4) is 0 Å². The van der Waals surface area contributed by atoms with Crippen LogP contribution in [-0.4, -0.2) is 17.6 Å². The molecule has 0 saturated carbocycles. The number of anilines is 1. The van der Waals surface area contributed by atoms with Crippen molar-refractivity contribution in [2.75, 3.05) is 11.2 Å². The summed E-state index contributed by atoms with van der Waals surface area (Å²) in [4.78, 5) is 23.4. The molecule has 0 bridgehead atoms. The lowest BCUT2D eigenvalue weighted by Crippen LogP contribution is -2.11. The topological polar surface area (TPSA) is 46.2 Å². The quantitative estimate of drug-likeness (QED) is 0.678. The summed E-state index contributed by atoms with van der Waals surface area (Å²) in [7, 11) is 0. The zero-order valence-electron chi connectivity index (χ0n) is 9.22. The highest BCUT2D eigenvalue weighted by Gasteiger charge is 2.32. The fraction of sp³-hybridized carbons (Fsp3) is 0.333. The van der Waals surface area contributed by atoms with Crippen molar-refractivity contribution in [1.29, 1.82) is 0 Å². The summed E-state index contributed by atoms with van der Waals surface area (Å²) >= 11 is 11.5. The maximum Gasteiger partial charge on any atom is 0.232 e. The number of fused-ring (bicyclic) bond motifs is 1. The number of hydrogen-bond acceptors (Lipinski definition) is 2. The van der Waals surface area contributed by atoms with Crippen LogP contribution in [0.5, 0.6) is 0 Å². The van der Waals surface area contributed by atoms with Gasteiger partial charge in [0.15, 0.2) is 5.78 Å². The Morgan fingerprint density at radius 3 is 2.76 bits per heavy atom. The number of Topliss-reactive ketones (excluding diaryl/α,β-unsaturated/α-hetero) is 1. The number of hydrogen-bond donors (Lipinski definition) is 1. The molecule has 1 atom stereocenters. The number of amides is 1. The number of carbonyl (C=O) groups excluding carboxylic acids is 2. The van der Waals surface area contributed by atoms with Crippen molar-refractivity contribution < 1.29 is 9.59 Å². The van der Waals surface area contributed by atoms with E-state index in [2.05, 4.69) is 5.32 Å². The molecule has 1 aromatic rings. The summed E-state index contributed by atoms with van der Waals surface area (Å²) in [5, 5.41) is 3.18. The summed E-state index contributed by atoms with van der Waals surface area (Å²) in [6, 6.07) is 3.28. The van der Waals surface area contributed by atoms with E-state index in [0.29, 0.717) is 22.7 Å². The first kappa shape index (κ1) is 12.4. The Morgan fingerprint density at radius 2 is 2.18 bits per heavy atom. The van der Waals surface area contributed by atoms with Gasteiger partial charge in [0.05, 0.1) is 17.5 Å². The predicted molar refractivity (Wildman–Crippen MR) is 68.2 cm³/mol. The number of benzene rings is 1. The van der Waals surface area contributed by atoms with Crippen LogP contribution in [0.1, 0.15) is 35.2 Å². The largest absolute Gasteiger partial charge is 0.325 e. The third-order valence-corrected chi connectivity index (χ3v) is 3.36. The van der Waals surface area contributed by atoms with Crippen molar-refractivity contribution in [2.45, 2.75) is 19.3 Å². The van der Waals surface area contributed by atoms with Crippen LogP contribution in [0.25, 0.3) is 0 Å². The molecule has 1 N–H and O–H groups in total. The average molecular weight is 272 g/mol. The minimum Gasteiger partial charge on any atom is -0.325 e. The van der Waals surface area contributed by atoms with Crippen LogP contribution >= 0.6 is 23.2 Å². The highest BCUT2D eigenvalue weighted by Crippen LogP contribution is 2.39. The first-order chi connectivity index (χ1) is 8.08. The fourth-order valence-electron chi connectivity index (χ4n) is 2.09. The first-order valence-corrected chi connectivity index (χ1v) is 6.23. The Balaban J connectivity index is 2.59. The van der Waals surface area contributed by atoms with E-state index in [-0.39, 0.29) is 23.5 Å². The molecule has 0 saturated heterocycles. The summed E-state index contributed by atoms with van der Waals surface area (Å²) in [6.07, 6.45) is 0.674. The van der Waals surface area contributed by atoms with E-state index >= 15 is 0 Å². The minimum absolute atomic E-state index is 0.0895. The second-order valence-electron chi connectivity index (χ2n) is 3.92. The van der Waals surface area contributed by atoms with Gasteiger partial charge in [-0.3, -0.25) is 9.59 Å². The maximum absolute atomic E-state index is 11.7. The Bertz CT molecular complexity index is 500. The van der Waals surface area contributed by atoms with E-state index in [0.717, 1.165) is 5.56 Å². The molecule has 5 heteroatoms. The fourth-order valence-corrected chi connectivity index (χ4v) is 2.46. The number of rotatable bonds is 3. The monoisotopic (exact) mass is 271 g/mol. The van der Waals surface area contributed by atoms with Crippen LogP contribution in [0.15, 0.2) is 12.1 Å². The summed E-state index contributed by atoms with van der Waals surface area (Å²) in [5.41, 5.74) is 1.75. The smallest absolute Gasteiger partial charge is 0.232 e. The van der Waals surface area contributed by atoms with Gasteiger partial charge in [-0.05, 0) is 24.1 Å². The maximum atomic E-state index is 11.7. The molecule has 3 nitrogen and oxygen atoms in total. The molecule has 0 radical (unpaired) electrons. The van der Waals surface area contributed by atoms with Gasteiger partial charge in [0.1, 0.15) is 0 Å². The molecule has 0 aromatic heterocycles. The van der Waals surface area contributed by atoms with E-state index in [9.17, 15) is 9.59 Å². The first-order valence-electron chi connectivity index (χ1n) is 5.32. The van der Waals surface area contributed by atoms with Gasteiger partial charge in [-0.2, -0.15) is 0 Å². The Hall–Kier alpha value is -1.06. The number of nitrogens with one attached hydrogen (secondary N) is 1. The second-order valence-corrected chi connectivity index (χ2v) is 4.63. The Morgan fingerprint density at radius 1 is 1.47 bits per heavy atom. The van der Waals surface area contributed by atoms with Crippen LogP contribution < -0.4 is 5.32 Å². The van der Waals surface area contributed by atoms with Crippen LogP contribution in [0, 0.1) is 0 Å². The van der Waals surface area contributed by atoms with Crippen molar-refractivity contribution in [3.05, 3.63) is 28.3 Å². The Labute approximate surface area is 109 Å². The van der Waals surface area contributed by atoms with E-state index in [1.165, 1.54) is 0 Å². The van der Waals surface area contributed by atoms with Crippen molar-refractivity contribution in [2.24, 2.45) is 0 Å². The highest BCUT2D eigenvalue weighted by atomic mass is 35.5. The van der Waals surface area contributed by atoms with Crippen molar-refractivity contribution in [1.82, 2.24) is 0 Å². The number of ketones is 1. The molecule has 2 rings (SSSR count). The lowest BCUT2D eigenvalue weighted by Gasteiger charge is -2.08. The van der Waals surface area contributed by atoms with Gasteiger partial charge in [0.2, 0.25) is 5.91 Å². The lowest BCUT2D eigenvalue weighted by atomic mass is 9.95. The van der Waals surface area contributed by atoms with Gasteiger partial charge < -0.3 is 5.32 Å². The zero-order chi connectivity index (χ0) is 12.6. The molecule has 1 heterocycles. The predicted octanol–water partition coefficient (Wildman–Crippen LogP) is 3.21. The minimum atomic E-state index is -0.234. The molecule has 1 unspecified atom stereocenters.